The van der Waals surface area contributed by atoms with Gasteiger partial charge in [-0.3, -0.25) is 4.79 Å². The van der Waals surface area contributed by atoms with E-state index in [1.807, 2.05) is 0 Å². The molecular formula is C14H21N3O2S. The number of nitrogens with one attached hydrogen (secondary N) is 1. The minimum Gasteiger partial charge on any atom is -0.377 e. The number of aromatic nitrogens is 2. The Kier molecular flexibility index (Phi) is 4.25. The second-order valence-electron chi connectivity index (χ2n) is 5.99. The molecule has 0 bridgehead atoms. The third-order valence-corrected chi connectivity index (χ3v) is 4.48. The lowest BCUT2D eigenvalue weighted by atomic mass is 10.1. The van der Waals surface area contributed by atoms with Crippen molar-refractivity contribution in [3.63, 3.8) is 0 Å². The number of hydrogen-bond donors (Lipinski definition) is 1. The molecule has 6 heteroatoms. The van der Waals surface area contributed by atoms with E-state index in [0.717, 1.165) is 5.01 Å². The van der Waals surface area contributed by atoms with Gasteiger partial charge in [0.2, 0.25) is 11.0 Å². The number of anilines is 1. The molecule has 0 unspecified atom stereocenters. The summed E-state index contributed by atoms with van der Waals surface area (Å²) >= 11 is 1.35. The van der Waals surface area contributed by atoms with Crippen LogP contribution in [0.2, 0.25) is 0 Å². The van der Waals surface area contributed by atoms with Gasteiger partial charge < -0.3 is 10.1 Å². The number of carbonyl (C=O) groups excluding carboxylic acids is 1. The number of hydrogen-bond acceptors (Lipinski definition) is 5. The number of allylic oxidation sites excluding steroid dienone is 2. The van der Waals surface area contributed by atoms with Crippen molar-refractivity contribution in [2.75, 3.05) is 12.4 Å². The number of methoxy groups -OCH3 is 1. The Hall–Kier alpha value is -1.27. The summed E-state index contributed by atoms with van der Waals surface area (Å²) in [7, 11) is 1.61. The molecule has 1 fully saturated rings. The van der Waals surface area contributed by atoms with Crippen molar-refractivity contribution in [3.8, 4) is 0 Å². The summed E-state index contributed by atoms with van der Waals surface area (Å²) in [5.74, 6) is 0.337. The molecule has 2 rings (SSSR count). The van der Waals surface area contributed by atoms with Gasteiger partial charge in [0.05, 0.1) is 5.92 Å². The highest BCUT2D eigenvalue weighted by Gasteiger charge is 2.60. The number of amides is 1. The van der Waals surface area contributed by atoms with Crippen molar-refractivity contribution in [3.05, 3.63) is 16.7 Å². The fourth-order valence-corrected chi connectivity index (χ4v) is 3.23. The fraction of sp³-hybridized carbons (Fsp3) is 0.643. The predicted molar refractivity (Wildman–Crippen MR) is 79.4 cm³/mol. The summed E-state index contributed by atoms with van der Waals surface area (Å²) in [6.07, 6.45) is 2.18. The normalized spacial score (nSPS) is 23.2. The summed E-state index contributed by atoms with van der Waals surface area (Å²) < 4.78 is 4.99. The Bertz CT molecular complexity index is 532. The van der Waals surface area contributed by atoms with E-state index in [4.69, 9.17) is 4.74 Å². The van der Waals surface area contributed by atoms with Crippen LogP contribution in [0.1, 0.15) is 32.7 Å². The molecule has 0 spiro atoms. The van der Waals surface area contributed by atoms with Crippen molar-refractivity contribution in [1.82, 2.24) is 10.2 Å². The maximum Gasteiger partial charge on any atom is 0.230 e. The molecule has 1 aromatic rings. The molecule has 5 nitrogen and oxygen atoms in total. The maximum absolute atomic E-state index is 12.3. The monoisotopic (exact) mass is 295 g/mol. The highest BCUT2D eigenvalue weighted by molar-refractivity contribution is 7.15. The molecule has 110 valence electrons. The standard InChI is InChI=1S/C14H21N3O2S/c1-8(2)6-9-11(14(9,3)4)12(18)15-13-17-16-10(20-13)7-19-5/h6,9,11H,7H2,1-5H3,(H,15,17,18)/t9-,11+/m1/s1. The highest BCUT2D eigenvalue weighted by Crippen LogP contribution is 2.59. The zero-order chi connectivity index (χ0) is 14.9. The van der Waals surface area contributed by atoms with E-state index in [1.54, 1.807) is 7.11 Å². The number of ether oxygens (including phenoxy) is 1. The molecule has 20 heavy (non-hydrogen) atoms. The van der Waals surface area contributed by atoms with E-state index in [0.29, 0.717) is 17.7 Å². The van der Waals surface area contributed by atoms with Gasteiger partial charge in [0.15, 0.2) is 0 Å². The van der Waals surface area contributed by atoms with Gasteiger partial charge >= 0.3 is 0 Å². The third-order valence-electron chi connectivity index (χ3n) is 3.67. The van der Waals surface area contributed by atoms with E-state index in [-0.39, 0.29) is 17.2 Å². The predicted octanol–water partition coefficient (Wildman–Crippen LogP) is 2.86. The quantitative estimate of drug-likeness (QED) is 0.848. The minimum atomic E-state index is 0.00664. The molecule has 1 aliphatic carbocycles. The van der Waals surface area contributed by atoms with Gasteiger partial charge in [0.1, 0.15) is 11.6 Å². The molecule has 1 aliphatic rings. The molecule has 0 saturated heterocycles. The molecule has 1 aromatic heterocycles. The number of carbonyl (C=O) groups is 1. The van der Waals surface area contributed by atoms with E-state index in [2.05, 4.69) is 49.3 Å². The Labute approximate surface area is 123 Å². The molecular weight excluding hydrogens is 274 g/mol. The van der Waals surface area contributed by atoms with Gasteiger partial charge in [-0.25, -0.2) is 0 Å². The largest absolute Gasteiger partial charge is 0.377 e. The van der Waals surface area contributed by atoms with Crippen LogP contribution in [0.5, 0.6) is 0 Å². The first-order valence-electron chi connectivity index (χ1n) is 6.63. The Morgan fingerprint density at radius 1 is 1.45 bits per heavy atom. The summed E-state index contributed by atoms with van der Waals surface area (Å²) in [5.41, 5.74) is 1.26. The van der Waals surface area contributed by atoms with Gasteiger partial charge in [-0.2, -0.15) is 0 Å². The van der Waals surface area contributed by atoms with Gasteiger partial charge in [0.25, 0.3) is 0 Å². The first-order chi connectivity index (χ1) is 9.36. The third kappa shape index (κ3) is 3.07. The van der Waals surface area contributed by atoms with Crippen molar-refractivity contribution in [1.29, 1.82) is 0 Å². The van der Waals surface area contributed by atoms with Crippen molar-refractivity contribution < 1.29 is 9.53 Å². The second kappa shape index (κ2) is 5.61. The van der Waals surface area contributed by atoms with Crippen LogP contribution in [0.25, 0.3) is 0 Å². The number of rotatable bonds is 5. The topological polar surface area (TPSA) is 64.1 Å². The first kappa shape index (κ1) is 15.1. The Balaban J connectivity index is 2.00. The molecule has 0 aliphatic heterocycles. The van der Waals surface area contributed by atoms with Crippen LogP contribution >= 0.6 is 11.3 Å². The molecule has 2 atom stereocenters. The van der Waals surface area contributed by atoms with Crippen molar-refractivity contribution in [2.45, 2.75) is 34.3 Å². The summed E-state index contributed by atoms with van der Waals surface area (Å²) in [6.45, 7) is 8.79. The van der Waals surface area contributed by atoms with Crippen LogP contribution in [-0.4, -0.2) is 23.2 Å². The van der Waals surface area contributed by atoms with Crippen LogP contribution in [0.3, 0.4) is 0 Å². The Morgan fingerprint density at radius 2 is 2.15 bits per heavy atom. The average Bonchev–Trinajstić information content (AvgIpc) is 2.70. The van der Waals surface area contributed by atoms with E-state index in [1.165, 1.54) is 16.9 Å². The molecule has 1 amide bonds. The zero-order valence-corrected chi connectivity index (χ0v) is 13.4. The van der Waals surface area contributed by atoms with E-state index in [9.17, 15) is 4.79 Å². The molecule has 1 heterocycles. The lowest BCUT2D eigenvalue weighted by molar-refractivity contribution is -0.118. The SMILES string of the molecule is COCc1nnc(NC(=O)[C@@H]2[C@@H](C=C(C)C)C2(C)C)s1. The van der Waals surface area contributed by atoms with Crippen LogP contribution in [0, 0.1) is 17.3 Å². The lowest BCUT2D eigenvalue weighted by Crippen LogP contribution is -2.16. The van der Waals surface area contributed by atoms with Crippen LogP contribution < -0.4 is 5.32 Å². The van der Waals surface area contributed by atoms with Gasteiger partial charge in [0, 0.05) is 7.11 Å². The van der Waals surface area contributed by atoms with Gasteiger partial charge in [-0.1, -0.05) is 36.8 Å². The van der Waals surface area contributed by atoms with Crippen molar-refractivity contribution in [2.24, 2.45) is 17.3 Å². The highest BCUT2D eigenvalue weighted by atomic mass is 32.1. The molecule has 1 saturated carbocycles. The average molecular weight is 295 g/mol. The summed E-state index contributed by atoms with van der Waals surface area (Å²) in [4.78, 5) is 12.3. The van der Waals surface area contributed by atoms with E-state index < -0.39 is 0 Å². The molecule has 0 aromatic carbocycles. The lowest BCUT2D eigenvalue weighted by Gasteiger charge is -2.01. The first-order valence-corrected chi connectivity index (χ1v) is 7.45. The van der Waals surface area contributed by atoms with Gasteiger partial charge in [-0.15, -0.1) is 10.2 Å². The molecule has 1 N–H and O–H groups in total. The maximum atomic E-state index is 12.3. The smallest absolute Gasteiger partial charge is 0.230 e. The van der Waals surface area contributed by atoms with Crippen molar-refractivity contribution >= 4 is 22.4 Å². The number of nitrogens with zero attached hydrogens (tertiary/aromatic N) is 2. The summed E-state index contributed by atoms with van der Waals surface area (Å²) in [5, 5.41) is 12.1. The minimum absolute atomic E-state index is 0.00664. The zero-order valence-electron chi connectivity index (χ0n) is 12.6. The van der Waals surface area contributed by atoms with Crippen LogP contribution in [0.4, 0.5) is 5.13 Å². The van der Waals surface area contributed by atoms with Crippen LogP contribution in [-0.2, 0) is 16.1 Å². The molecule has 0 radical (unpaired) electrons. The van der Waals surface area contributed by atoms with Crippen LogP contribution in [0.15, 0.2) is 11.6 Å². The summed E-state index contributed by atoms with van der Waals surface area (Å²) in [6, 6.07) is 0. The second-order valence-corrected chi connectivity index (χ2v) is 7.05. The van der Waals surface area contributed by atoms with Gasteiger partial charge in [-0.05, 0) is 25.2 Å². The fourth-order valence-electron chi connectivity index (χ4n) is 2.52. The van der Waals surface area contributed by atoms with E-state index >= 15 is 0 Å². The Morgan fingerprint density at radius 3 is 2.75 bits per heavy atom.